The standard InChI is InChI=1S/C19H15F3N4O2/c1-19(11-6-8-12(20)9-7-11)16(27)25(18(28)24-19)10-15-23-13-4-2-3-5-14(13)26(15)17(21)22/h2-9,17H,10H2,1H3,(H,24,28)/t19-/m0/s1. The minimum atomic E-state index is -2.88. The molecule has 0 unspecified atom stereocenters. The van der Waals surface area contributed by atoms with Gasteiger partial charge in [0.25, 0.3) is 5.91 Å². The SMILES string of the molecule is C[C@@]1(c2ccc(F)cc2)NC(=O)N(Cc2nc3ccccc3n2C(F)F)C1=O. The number of imidazole rings is 1. The van der Waals surface area contributed by atoms with Crippen LogP contribution in [-0.4, -0.2) is 26.4 Å². The number of benzene rings is 2. The van der Waals surface area contributed by atoms with Crippen LogP contribution in [0.25, 0.3) is 11.0 Å². The van der Waals surface area contributed by atoms with Gasteiger partial charge in [0, 0.05) is 0 Å². The Morgan fingerprint density at radius 2 is 1.79 bits per heavy atom. The molecule has 4 rings (SSSR count). The van der Waals surface area contributed by atoms with E-state index in [1.54, 1.807) is 18.2 Å². The van der Waals surface area contributed by atoms with Crippen LogP contribution in [0.4, 0.5) is 18.0 Å². The summed E-state index contributed by atoms with van der Waals surface area (Å²) in [5.41, 5.74) is -0.490. The second-order valence-electron chi connectivity index (χ2n) is 6.62. The summed E-state index contributed by atoms with van der Waals surface area (Å²) >= 11 is 0. The summed E-state index contributed by atoms with van der Waals surface area (Å²) in [7, 11) is 0. The van der Waals surface area contributed by atoms with Crippen molar-refractivity contribution in [3.63, 3.8) is 0 Å². The van der Waals surface area contributed by atoms with Crippen LogP contribution >= 0.6 is 0 Å². The molecule has 1 N–H and O–H groups in total. The van der Waals surface area contributed by atoms with E-state index in [2.05, 4.69) is 10.3 Å². The number of rotatable bonds is 4. The average molecular weight is 388 g/mol. The lowest BCUT2D eigenvalue weighted by atomic mass is 9.92. The van der Waals surface area contributed by atoms with Crippen LogP contribution in [0.2, 0.25) is 0 Å². The van der Waals surface area contributed by atoms with Gasteiger partial charge in [-0.2, -0.15) is 8.78 Å². The molecule has 6 nitrogen and oxygen atoms in total. The molecule has 0 bridgehead atoms. The van der Waals surface area contributed by atoms with E-state index >= 15 is 0 Å². The molecule has 3 amide bonds. The molecule has 0 saturated carbocycles. The van der Waals surface area contributed by atoms with Crippen molar-refractivity contribution in [2.75, 3.05) is 0 Å². The fraction of sp³-hybridized carbons (Fsp3) is 0.211. The van der Waals surface area contributed by atoms with Crippen molar-refractivity contribution in [1.82, 2.24) is 19.8 Å². The summed E-state index contributed by atoms with van der Waals surface area (Å²) in [5.74, 6) is -1.22. The van der Waals surface area contributed by atoms with Gasteiger partial charge in [-0.25, -0.2) is 14.2 Å². The minimum Gasteiger partial charge on any atom is -0.319 e. The maximum atomic E-state index is 13.6. The molecule has 2 heterocycles. The Labute approximate surface area is 157 Å². The van der Waals surface area contributed by atoms with E-state index in [-0.39, 0.29) is 11.3 Å². The third-order valence-electron chi connectivity index (χ3n) is 4.86. The maximum absolute atomic E-state index is 13.6. The minimum absolute atomic E-state index is 0.108. The van der Waals surface area contributed by atoms with Crippen molar-refractivity contribution in [3.05, 3.63) is 65.7 Å². The van der Waals surface area contributed by atoms with Crippen LogP contribution in [0.1, 0.15) is 24.9 Å². The molecule has 2 aromatic carbocycles. The molecule has 3 aromatic rings. The fourth-order valence-corrected chi connectivity index (χ4v) is 3.38. The third kappa shape index (κ3) is 2.70. The first-order valence-corrected chi connectivity index (χ1v) is 8.45. The quantitative estimate of drug-likeness (QED) is 0.696. The van der Waals surface area contributed by atoms with Crippen LogP contribution < -0.4 is 5.32 Å². The zero-order chi connectivity index (χ0) is 20.1. The molecule has 1 aromatic heterocycles. The second-order valence-corrected chi connectivity index (χ2v) is 6.62. The number of nitrogens with zero attached hydrogens (tertiary/aromatic N) is 3. The van der Waals surface area contributed by atoms with Crippen LogP contribution in [0.3, 0.4) is 0 Å². The number of carbonyl (C=O) groups excluding carboxylic acids is 2. The van der Waals surface area contributed by atoms with Crippen molar-refractivity contribution >= 4 is 23.0 Å². The predicted octanol–water partition coefficient (Wildman–Crippen LogP) is 3.54. The molecule has 1 aliphatic heterocycles. The number of halogens is 3. The van der Waals surface area contributed by atoms with Gasteiger partial charge in [0.1, 0.15) is 17.2 Å². The van der Waals surface area contributed by atoms with E-state index in [9.17, 15) is 22.8 Å². The lowest BCUT2D eigenvalue weighted by Gasteiger charge is -2.22. The molecule has 1 atom stereocenters. The van der Waals surface area contributed by atoms with Gasteiger partial charge in [-0.15, -0.1) is 0 Å². The Morgan fingerprint density at radius 3 is 2.46 bits per heavy atom. The zero-order valence-corrected chi connectivity index (χ0v) is 14.7. The Hall–Kier alpha value is -3.36. The van der Waals surface area contributed by atoms with Gasteiger partial charge in [-0.1, -0.05) is 24.3 Å². The highest BCUT2D eigenvalue weighted by Crippen LogP contribution is 2.31. The Balaban J connectivity index is 1.70. The highest BCUT2D eigenvalue weighted by molar-refractivity contribution is 6.07. The van der Waals surface area contributed by atoms with Gasteiger partial charge in [0.2, 0.25) is 0 Å². The number of carbonyl (C=O) groups is 2. The molecule has 0 spiro atoms. The number of aromatic nitrogens is 2. The van der Waals surface area contributed by atoms with Crippen molar-refractivity contribution in [1.29, 1.82) is 0 Å². The highest BCUT2D eigenvalue weighted by Gasteiger charge is 2.49. The highest BCUT2D eigenvalue weighted by atomic mass is 19.3. The summed E-state index contributed by atoms with van der Waals surface area (Å²) in [4.78, 5) is 30.4. The lowest BCUT2D eigenvalue weighted by molar-refractivity contribution is -0.131. The van der Waals surface area contributed by atoms with E-state index in [0.717, 1.165) is 4.90 Å². The van der Waals surface area contributed by atoms with E-state index in [1.165, 1.54) is 37.3 Å². The second kappa shape index (κ2) is 6.36. The Kier molecular flexibility index (Phi) is 4.10. The molecule has 9 heteroatoms. The van der Waals surface area contributed by atoms with Gasteiger partial charge in [-0.05, 0) is 36.8 Å². The number of amides is 3. The van der Waals surface area contributed by atoms with Crippen LogP contribution in [0.15, 0.2) is 48.5 Å². The number of urea groups is 1. The normalized spacial score (nSPS) is 19.7. The van der Waals surface area contributed by atoms with Crippen molar-refractivity contribution in [3.8, 4) is 0 Å². The summed E-state index contributed by atoms with van der Waals surface area (Å²) in [6.07, 6.45) is 0. The number of alkyl halides is 2. The van der Waals surface area contributed by atoms with Gasteiger partial charge >= 0.3 is 12.6 Å². The van der Waals surface area contributed by atoms with Crippen LogP contribution in [-0.2, 0) is 16.9 Å². The fourth-order valence-electron chi connectivity index (χ4n) is 3.38. The summed E-state index contributed by atoms with van der Waals surface area (Å²) < 4.78 is 41.1. The maximum Gasteiger partial charge on any atom is 0.325 e. The molecule has 0 aliphatic carbocycles. The van der Waals surface area contributed by atoms with Crippen LogP contribution in [0, 0.1) is 5.82 Å². The molecule has 1 aliphatic rings. The van der Waals surface area contributed by atoms with Crippen molar-refractivity contribution < 1.29 is 22.8 Å². The van der Waals surface area contributed by atoms with E-state index in [0.29, 0.717) is 15.6 Å². The molecule has 1 fully saturated rings. The zero-order valence-electron chi connectivity index (χ0n) is 14.7. The van der Waals surface area contributed by atoms with Gasteiger partial charge in [0.15, 0.2) is 0 Å². The largest absolute Gasteiger partial charge is 0.325 e. The van der Waals surface area contributed by atoms with Crippen molar-refractivity contribution in [2.45, 2.75) is 25.6 Å². The third-order valence-corrected chi connectivity index (χ3v) is 4.86. The van der Waals surface area contributed by atoms with E-state index < -0.39 is 36.4 Å². The Morgan fingerprint density at radius 1 is 1.11 bits per heavy atom. The van der Waals surface area contributed by atoms with Crippen LogP contribution in [0.5, 0.6) is 0 Å². The summed E-state index contributed by atoms with van der Waals surface area (Å²) in [5, 5.41) is 2.56. The van der Waals surface area contributed by atoms with Gasteiger partial charge in [0.05, 0.1) is 17.6 Å². The first kappa shape index (κ1) is 18.0. The molecule has 1 saturated heterocycles. The number of imide groups is 1. The number of hydrogen-bond acceptors (Lipinski definition) is 3. The monoisotopic (exact) mass is 388 g/mol. The number of hydrogen-bond donors (Lipinski definition) is 1. The smallest absolute Gasteiger partial charge is 0.319 e. The topological polar surface area (TPSA) is 67.2 Å². The van der Waals surface area contributed by atoms with Gasteiger partial charge < -0.3 is 5.32 Å². The molecule has 144 valence electrons. The molecule has 28 heavy (non-hydrogen) atoms. The summed E-state index contributed by atoms with van der Waals surface area (Å²) in [6.45, 7) is -1.82. The number of para-hydroxylation sites is 2. The van der Waals surface area contributed by atoms with E-state index in [1.807, 2.05) is 0 Å². The molecule has 0 radical (unpaired) electrons. The lowest BCUT2D eigenvalue weighted by Crippen LogP contribution is -2.40. The number of nitrogens with one attached hydrogen (secondary N) is 1. The Bertz CT molecular complexity index is 1080. The van der Waals surface area contributed by atoms with Crippen molar-refractivity contribution in [2.24, 2.45) is 0 Å². The van der Waals surface area contributed by atoms with E-state index in [4.69, 9.17) is 0 Å². The number of fused-ring (bicyclic) bond motifs is 1. The van der Waals surface area contributed by atoms with Gasteiger partial charge in [-0.3, -0.25) is 14.3 Å². The summed E-state index contributed by atoms with van der Waals surface area (Å²) in [6, 6.07) is 10.7. The first-order valence-electron chi connectivity index (χ1n) is 8.45. The predicted molar refractivity (Wildman–Crippen MR) is 93.8 cm³/mol. The average Bonchev–Trinajstić information content (AvgIpc) is 3.13. The molecular formula is C19H15F3N4O2. The first-order chi connectivity index (χ1) is 13.3. The molecular weight excluding hydrogens is 373 g/mol.